The minimum Gasteiger partial charge on any atom is -0.474 e. The molecule has 0 amide bonds. The van der Waals surface area contributed by atoms with Gasteiger partial charge in [0.15, 0.2) is 5.88 Å². The molecule has 0 atom stereocenters. The summed E-state index contributed by atoms with van der Waals surface area (Å²) in [5.74, 6) is 1.19. The first-order chi connectivity index (χ1) is 15.6. The van der Waals surface area contributed by atoms with E-state index in [1.807, 2.05) is 0 Å². The van der Waals surface area contributed by atoms with Gasteiger partial charge in [0.2, 0.25) is 5.13 Å². The number of fused-ring (bicyclic) bond motifs is 1. The van der Waals surface area contributed by atoms with Gasteiger partial charge in [0.25, 0.3) is 0 Å². The molecule has 0 bridgehead atoms. The molecule has 1 aliphatic rings. The maximum Gasteiger partial charge on any atom is 0.210 e. The maximum absolute atomic E-state index is 5.80. The van der Waals surface area contributed by atoms with Crippen LogP contribution in [0.3, 0.4) is 0 Å². The van der Waals surface area contributed by atoms with Crippen LogP contribution in [0.1, 0.15) is 39.8 Å². The third-order valence-corrected chi connectivity index (χ3v) is 7.37. The SMILES string of the molecule is C=C(NCc1ccc(C(=C)Nc2nnc(C3CC3)s2)cc1)OCc1cc2ccccc2s1. The van der Waals surface area contributed by atoms with Crippen molar-refractivity contribution in [1.29, 1.82) is 0 Å². The predicted octanol–water partition coefficient (Wildman–Crippen LogP) is 6.49. The van der Waals surface area contributed by atoms with Crippen molar-refractivity contribution in [3.8, 4) is 0 Å². The van der Waals surface area contributed by atoms with E-state index in [1.165, 1.54) is 27.8 Å². The molecule has 2 aromatic carbocycles. The van der Waals surface area contributed by atoms with Crippen molar-refractivity contribution in [2.45, 2.75) is 31.9 Å². The second kappa shape index (κ2) is 9.14. The summed E-state index contributed by atoms with van der Waals surface area (Å²) in [6.07, 6.45) is 2.46. The third-order valence-electron chi connectivity index (χ3n) is 5.28. The quantitative estimate of drug-likeness (QED) is 0.265. The number of nitrogens with one attached hydrogen (secondary N) is 2. The Morgan fingerprint density at radius 3 is 2.62 bits per heavy atom. The summed E-state index contributed by atoms with van der Waals surface area (Å²) in [6.45, 7) is 9.29. The lowest BCUT2D eigenvalue weighted by atomic mass is 10.1. The van der Waals surface area contributed by atoms with Crippen molar-refractivity contribution in [3.63, 3.8) is 0 Å². The van der Waals surface area contributed by atoms with E-state index in [0.717, 1.165) is 27.0 Å². The zero-order valence-electron chi connectivity index (χ0n) is 17.6. The molecule has 2 heterocycles. The van der Waals surface area contributed by atoms with Crippen LogP contribution in [0.25, 0.3) is 15.8 Å². The Morgan fingerprint density at radius 1 is 1.03 bits per heavy atom. The standard InChI is InChI=1S/C25H24N4OS2/c1-16(27-25-29-28-24(32-25)20-11-12-20)19-9-7-18(8-10-19)14-26-17(2)30-15-22-13-21-5-3-4-6-23(21)31-22/h3-10,13,20,26H,1-2,11-12,14-15H2,(H,27,29). The molecule has 5 nitrogen and oxygen atoms in total. The molecular formula is C25H24N4OS2. The third kappa shape index (κ3) is 5.00. The van der Waals surface area contributed by atoms with Gasteiger partial charge in [0.05, 0.1) is 0 Å². The summed E-state index contributed by atoms with van der Waals surface area (Å²) in [7, 11) is 0. The van der Waals surface area contributed by atoms with Gasteiger partial charge in [-0.3, -0.25) is 0 Å². The van der Waals surface area contributed by atoms with Crippen LogP contribution >= 0.6 is 22.7 Å². The van der Waals surface area contributed by atoms with Gasteiger partial charge in [-0.2, -0.15) is 0 Å². The molecule has 2 aromatic heterocycles. The van der Waals surface area contributed by atoms with Gasteiger partial charge in [-0.1, -0.05) is 60.4 Å². The lowest BCUT2D eigenvalue weighted by molar-refractivity contribution is 0.181. The highest BCUT2D eigenvalue weighted by molar-refractivity contribution is 7.19. The molecule has 1 saturated carbocycles. The fraction of sp³-hybridized carbons (Fsp3) is 0.200. The highest BCUT2D eigenvalue weighted by Crippen LogP contribution is 2.42. The number of thiophene rings is 1. The highest BCUT2D eigenvalue weighted by Gasteiger charge is 2.27. The first kappa shape index (κ1) is 20.7. The highest BCUT2D eigenvalue weighted by atomic mass is 32.1. The van der Waals surface area contributed by atoms with Crippen molar-refractivity contribution < 1.29 is 4.74 Å². The van der Waals surface area contributed by atoms with Crippen LogP contribution in [-0.2, 0) is 17.9 Å². The van der Waals surface area contributed by atoms with Crippen LogP contribution in [0.4, 0.5) is 5.13 Å². The van der Waals surface area contributed by atoms with Crippen LogP contribution in [0.5, 0.6) is 0 Å². The Labute approximate surface area is 195 Å². The van der Waals surface area contributed by atoms with Gasteiger partial charge in [-0.05, 0) is 48.1 Å². The zero-order valence-corrected chi connectivity index (χ0v) is 19.3. The van der Waals surface area contributed by atoms with Crippen LogP contribution in [0.2, 0.25) is 0 Å². The van der Waals surface area contributed by atoms with E-state index in [9.17, 15) is 0 Å². The van der Waals surface area contributed by atoms with Gasteiger partial charge in [0, 0.05) is 27.7 Å². The number of benzene rings is 2. The molecule has 0 spiro atoms. The minimum absolute atomic E-state index is 0.518. The number of hydrogen-bond acceptors (Lipinski definition) is 7. The Hall–Kier alpha value is -3.16. The molecule has 0 radical (unpaired) electrons. The van der Waals surface area contributed by atoms with E-state index in [-0.39, 0.29) is 0 Å². The first-order valence-electron chi connectivity index (χ1n) is 10.6. The van der Waals surface area contributed by atoms with Crippen molar-refractivity contribution >= 4 is 43.6 Å². The molecule has 4 aromatic rings. The van der Waals surface area contributed by atoms with Crippen molar-refractivity contribution in [1.82, 2.24) is 15.5 Å². The number of hydrogen-bond donors (Lipinski definition) is 2. The summed E-state index contributed by atoms with van der Waals surface area (Å²) in [6, 6.07) is 18.8. The van der Waals surface area contributed by atoms with E-state index in [4.69, 9.17) is 4.74 Å². The number of nitrogens with zero attached hydrogens (tertiary/aromatic N) is 2. The fourth-order valence-corrected chi connectivity index (χ4v) is 5.24. The van der Waals surface area contributed by atoms with E-state index in [2.05, 4.69) is 88.6 Å². The molecule has 5 rings (SSSR count). The Morgan fingerprint density at radius 2 is 1.84 bits per heavy atom. The maximum atomic E-state index is 5.80. The first-order valence-corrected chi connectivity index (χ1v) is 12.2. The van der Waals surface area contributed by atoms with Gasteiger partial charge >= 0.3 is 0 Å². The second-order valence-electron chi connectivity index (χ2n) is 7.84. The average Bonchev–Trinajstić information content (AvgIpc) is 3.41. The van der Waals surface area contributed by atoms with E-state index < -0.39 is 0 Å². The largest absolute Gasteiger partial charge is 0.474 e. The fourth-order valence-electron chi connectivity index (χ4n) is 3.32. The molecule has 32 heavy (non-hydrogen) atoms. The normalized spacial score (nSPS) is 13.1. The van der Waals surface area contributed by atoms with Crippen LogP contribution < -0.4 is 10.6 Å². The Bertz CT molecular complexity index is 1220. The lowest BCUT2D eigenvalue weighted by Gasteiger charge is -2.12. The molecule has 0 saturated heterocycles. The molecule has 7 heteroatoms. The average molecular weight is 461 g/mol. The molecule has 2 N–H and O–H groups in total. The summed E-state index contributed by atoms with van der Waals surface area (Å²) in [4.78, 5) is 1.18. The Kier molecular flexibility index (Phi) is 5.92. The lowest BCUT2D eigenvalue weighted by Crippen LogP contribution is -2.14. The predicted molar refractivity (Wildman–Crippen MR) is 134 cm³/mol. The number of ether oxygens (including phenoxy) is 1. The summed E-state index contributed by atoms with van der Waals surface area (Å²) >= 11 is 3.37. The van der Waals surface area contributed by atoms with E-state index in [1.54, 1.807) is 22.7 Å². The van der Waals surface area contributed by atoms with Gasteiger partial charge in [-0.25, -0.2) is 0 Å². The van der Waals surface area contributed by atoms with Gasteiger partial charge < -0.3 is 15.4 Å². The number of rotatable bonds is 10. The topological polar surface area (TPSA) is 59.1 Å². The molecular weight excluding hydrogens is 436 g/mol. The molecule has 1 fully saturated rings. The molecule has 162 valence electrons. The van der Waals surface area contributed by atoms with E-state index in [0.29, 0.717) is 25.0 Å². The summed E-state index contributed by atoms with van der Waals surface area (Å²) in [5, 5.41) is 18.2. The second-order valence-corrected chi connectivity index (χ2v) is 10.0. The van der Waals surface area contributed by atoms with Crippen LogP contribution in [-0.4, -0.2) is 10.2 Å². The molecule has 1 aliphatic carbocycles. The van der Waals surface area contributed by atoms with Gasteiger partial charge in [-0.15, -0.1) is 21.5 Å². The smallest absolute Gasteiger partial charge is 0.210 e. The minimum atomic E-state index is 0.518. The summed E-state index contributed by atoms with van der Waals surface area (Å²) in [5.41, 5.74) is 2.98. The van der Waals surface area contributed by atoms with E-state index >= 15 is 0 Å². The number of aromatic nitrogens is 2. The van der Waals surface area contributed by atoms with Crippen molar-refractivity contribution in [2.75, 3.05) is 5.32 Å². The van der Waals surface area contributed by atoms with Crippen LogP contribution in [0, 0.1) is 0 Å². The molecule has 0 unspecified atom stereocenters. The van der Waals surface area contributed by atoms with Crippen molar-refractivity contribution in [2.24, 2.45) is 0 Å². The zero-order chi connectivity index (χ0) is 21.9. The Balaban J connectivity index is 1.09. The molecule has 0 aliphatic heterocycles. The van der Waals surface area contributed by atoms with Crippen molar-refractivity contribution in [3.05, 3.63) is 94.6 Å². The number of anilines is 1. The summed E-state index contributed by atoms with van der Waals surface area (Å²) < 4.78 is 7.07. The van der Waals surface area contributed by atoms with Gasteiger partial charge in [0.1, 0.15) is 11.6 Å². The van der Waals surface area contributed by atoms with Crippen LogP contribution in [0.15, 0.2) is 73.6 Å². The monoisotopic (exact) mass is 460 g/mol.